The number of likely N-dealkylation sites (tertiary alicyclic amines) is 1. The number of para-hydroxylation sites is 1. The van der Waals surface area contributed by atoms with Crippen LogP contribution in [0.1, 0.15) is 37.6 Å². The lowest BCUT2D eigenvalue weighted by Gasteiger charge is -2.20. The van der Waals surface area contributed by atoms with Crippen LogP contribution in [0.4, 0.5) is 0 Å². The third-order valence-electron chi connectivity index (χ3n) is 4.48. The van der Waals surface area contributed by atoms with Gasteiger partial charge in [0.25, 0.3) is 5.91 Å². The van der Waals surface area contributed by atoms with E-state index in [1.54, 1.807) is 18.2 Å². The number of benzene rings is 1. The molecule has 2 N–H and O–H groups in total. The summed E-state index contributed by atoms with van der Waals surface area (Å²) in [7, 11) is 0. The maximum absolute atomic E-state index is 12.2. The fourth-order valence-electron chi connectivity index (χ4n) is 3.01. The smallest absolute Gasteiger partial charge is 0.255 e. The Morgan fingerprint density at radius 3 is 2.72 bits per heavy atom. The first-order valence-corrected chi connectivity index (χ1v) is 9.02. The molecule has 1 aromatic rings. The van der Waals surface area contributed by atoms with E-state index >= 15 is 0 Å². The molecule has 1 fully saturated rings. The highest BCUT2D eigenvalue weighted by Gasteiger charge is 2.24. The largest absolute Gasteiger partial charge is 0.493 e. The molecule has 6 nitrogen and oxygen atoms in total. The molecule has 1 saturated heterocycles. The van der Waals surface area contributed by atoms with Crippen LogP contribution in [0.2, 0.25) is 0 Å². The molecule has 1 atom stereocenters. The number of hydrogen-bond acceptors (Lipinski definition) is 4. The van der Waals surface area contributed by atoms with E-state index in [1.807, 2.05) is 13.0 Å². The monoisotopic (exact) mass is 347 g/mol. The van der Waals surface area contributed by atoms with Gasteiger partial charge < -0.3 is 20.3 Å². The topological polar surface area (TPSA) is 70.7 Å². The molecule has 1 aromatic carbocycles. The summed E-state index contributed by atoms with van der Waals surface area (Å²) in [6.07, 6.45) is 1.10. The fraction of sp³-hybridized carbons (Fsp3) is 0.579. The molecule has 2 amide bonds. The molecule has 0 aliphatic carbocycles. The average Bonchev–Trinajstić information content (AvgIpc) is 3.08. The van der Waals surface area contributed by atoms with Crippen molar-refractivity contribution in [1.29, 1.82) is 0 Å². The Labute approximate surface area is 149 Å². The Morgan fingerprint density at radius 2 is 2.04 bits per heavy atom. The van der Waals surface area contributed by atoms with Crippen molar-refractivity contribution < 1.29 is 14.3 Å². The molecule has 2 rings (SSSR count). The minimum absolute atomic E-state index is 0.0279. The van der Waals surface area contributed by atoms with Crippen molar-refractivity contribution in [2.45, 2.75) is 33.2 Å². The zero-order valence-corrected chi connectivity index (χ0v) is 15.4. The lowest BCUT2D eigenvalue weighted by molar-refractivity contribution is -0.120. The molecule has 0 bridgehead atoms. The molecule has 0 radical (unpaired) electrons. The van der Waals surface area contributed by atoms with Crippen LogP contribution in [0, 0.1) is 5.92 Å². The van der Waals surface area contributed by atoms with E-state index in [4.69, 9.17) is 4.74 Å². The second-order valence-electron chi connectivity index (χ2n) is 6.66. The van der Waals surface area contributed by atoms with Crippen molar-refractivity contribution in [2.24, 2.45) is 5.92 Å². The van der Waals surface area contributed by atoms with Gasteiger partial charge in [-0.3, -0.25) is 9.59 Å². The summed E-state index contributed by atoms with van der Waals surface area (Å²) in [5, 5.41) is 5.58. The van der Waals surface area contributed by atoms with E-state index in [9.17, 15) is 9.59 Å². The molecular formula is C19H29N3O3. The van der Waals surface area contributed by atoms with Crippen molar-refractivity contribution in [3.8, 4) is 5.75 Å². The maximum Gasteiger partial charge on any atom is 0.255 e. The second-order valence-corrected chi connectivity index (χ2v) is 6.66. The van der Waals surface area contributed by atoms with Gasteiger partial charge in [0.15, 0.2) is 0 Å². The lowest BCUT2D eigenvalue weighted by atomic mass is 10.1. The summed E-state index contributed by atoms with van der Waals surface area (Å²) < 4.78 is 5.44. The van der Waals surface area contributed by atoms with Gasteiger partial charge in [-0.25, -0.2) is 0 Å². The van der Waals surface area contributed by atoms with Crippen LogP contribution in [0.15, 0.2) is 24.3 Å². The first-order chi connectivity index (χ1) is 12.0. The van der Waals surface area contributed by atoms with Gasteiger partial charge in [0, 0.05) is 19.1 Å². The SMILES string of the molecule is CCOc1ccccc1C(=O)NCC(=O)NC[C@H]1CCN(C(C)C)C1. The van der Waals surface area contributed by atoms with Crippen molar-refractivity contribution >= 4 is 11.8 Å². The molecular weight excluding hydrogens is 318 g/mol. The van der Waals surface area contributed by atoms with Crippen LogP contribution < -0.4 is 15.4 Å². The molecule has 0 saturated carbocycles. The summed E-state index contributed by atoms with van der Waals surface area (Å²) in [6, 6.07) is 7.58. The van der Waals surface area contributed by atoms with E-state index < -0.39 is 0 Å². The lowest BCUT2D eigenvalue weighted by Crippen LogP contribution is -2.39. The fourth-order valence-corrected chi connectivity index (χ4v) is 3.01. The number of carbonyl (C=O) groups is 2. The Bertz CT molecular complexity index is 589. The van der Waals surface area contributed by atoms with Gasteiger partial charge in [-0.2, -0.15) is 0 Å². The molecule has 1 heterocycles. The number of ether oxygens (including phenoxy) is 1. The molecule has 25 heavy (non-hydrogen) atoms. The van der Waals surface area contributed by atoms with Crippen molar-refractivity contribution in [3.05, 3.63) is 29.8 Å². The molecule has 138 valence electrons. The number of nitrogens with one attached hydrogen (secondary N) is 2. The number of hydrogen-bond donors (Lipinski definition) is 2. The predicted molar refractivity (Wildman–Crippen MR) is 97.8 cm³/mol. The van der Waals surface area contributed by atoms with Crippen LogP contribution >= 0.6 is 0 Å². The highest BCUT2D eigenvalue weighted by Crippen LogP contribution is 2.18. The van der Waals surface area contributed by atoms with Crippen molar-refractivity contribution in [3.63, 3.8) is 0 Å². The third kappa shape index (κ3) is 5.74. The van der Waals surface area contributed by atoms with E-state index in [0.29, 0.717) is 36.4 Å². The van der Waals surface area contributed by atoms with Crippen LogP contribution in [0.25, 0.3) is 0 Å². The predicted octanol–water partition coefficient (Wildman–Crippen LogP) is 1.66. The first-order valence-electron chi connectivity index (χ1n) is 9.02. The standard InChI is InChI=1S/C19H29N3O3/c1-4-25-17-8-6-5-7-16(17)19(24)21-12-18(23)20-11-15-9-10-22(13-15)14(2)3/h5-8,14-15H,4,9-13H2,1-3H3,(H,20,23)(H,21,24)/t15-/m1/s1. The number of rotatable bonds is 8. The average molecular weight is 347 g/mol. The summed E-state index contributed by atoms with van der Waals surface area (Å²) in [5.74, 6) is 0.555. The zero-order valence-electron chi connectivity index (χ0n) is 15.4. The van der Waals surface area contributed by atoms with E-state index in [-0.39, 0.29) is 18.4 Å². The zero-order chi connectivity index (χ0) is 18.2. The van der Waals surface area contributed by atoms with Crippen LogP contribution in [0.3, 0.4) is 0 Å². The van der Waals surface area contributed by atoms with Crippen LogP contribution in [-0.2, 0) is 4.79 Å². The van der Waals surface area contributed by atoms with E-state index in [0.717, 1.165) is 19.5 Å². The first kappa shape index (κ1) is 19.2. The summed E-state index contributed by atoms with van der Waals surface area (Å²) in [4.78, 5) is 26.7. The van der Waals surface area contributed by atoms with Gasteiger partial charge in [0.2, 0.25) is 5.91 Å². The molecule has 1 aliphatic heterocycles. The van der Waals surface area contributed by atoms with Gasteiger partial charge in [0.1, 0.15) is 5.75 Å². The van der Waals surface area contributed by atoms with Crippen LogP contribution in [-0.4, -0.2) is 55.5 Å². The third-order valence-corrected chi connectivity index (χ3v) is 4.48. The quantitative estimate of drug-likeness (QED) is 0.750. The van der Waals surface area contributed by atoms with Gasteiger partial charge in [-0.1, -0.05) is 12.1 Å². The van der Waals surface area contributed by atoms with E-state index in [1.165, 1.54) is 0 Å². The Hall–Kier alpha value is -2.08. The molecule has 0 unspecified atom stereocenters. The second kappa shape index (κ2) is 9.42. The molecule has 0 spiro atoms. The number of amides is 2. The van der Waals surface area contributed by atoms with Gasteiger partial charge in [-0.15, -0.1) is 0 Å². The van der Waals surface area contributed by atoms with Crippen molar-refractivity contribution in [2.75, 3.05) is 32.8 Å². The Balaban J connectivity index is 1.74. The highest BCUT2D eigenvalue weighted by molar-refractivity contribution is 5.98. The summed E-state index contributed by atoms with van der Waals surface area (Å²) >= 11 is 0. The Kier molecular flexibility index (Phi) is 7.25. The van der Waals surface area contributed by atoms with Gasteiger partial charge in [0.05, 0.1) is 18.7 Å². The summed E-state index contributed by atoms with van der Waals surface area (Å²) in [5.41, 5.74) is 0.445. The van der Waals surface area contributed by atoms with Crippen LogP contribution in [0.5, 0.6) is 5.75 Å². The summed E-state index contributed by atoms with van der Waals surface area (Å²) in [6.45, 7) is 9.47. The number of nitrogens with zero attached hydrogens (tertiary/aromatic N) is 1. The van der Waals surface area contributed by atoms with Gasteiger partial charge in [-0.05, 0) is 51.8 Å². The minimum atomic E-state index is -0.300. The number of carbonyl (C=O) groups excluding carboxylic acids is 2. The minimum Gasteiger partial charge on any atom is -0.493 e. The Morgan fingerprint density at radius 1 is 1.28 bits per heavy atom. The van der Waals surface area contributed by atoms with Gasteiger partial charge >= 0.3 is 0 Å². The maximum atomic E-state index is 12.2. The van der Waals surface area contributed by atoms with E-state index in [2.05, 4.69) is 29.4 Å². The normalized spacial score (nSPS) is 17.5. The van der Waals surface area contributed by atoms with Crippen molar-refractivity contribution in [1.82, 2.24) is 15.5 Å². The molecule has 1 aliphatic rings. The molecule has 6 heteroatoms. The highest BCUT2D eigenvalue weighted by atomic mass is 16.5. The molecule has 0 aromatic heterocycles.